The van der Waals surface area contributed by atoms with Crippen molar-refractivity contribution in [2.24, 2.45) is 5.92 Å². The van der Waals surface area contributed by atoms with Crippen LogP contribution in [-0.4, -0.2) is 32.3 Å². The van der Waals surface area contributed by atoms with Crippen molar-refractivity contribution in [1.82, 2.24) is 25.5 Å². The average molecular weight is 314 g/mol. The average Bonchev–Trinajstić information content (AvgIpc) is 2.96. The fourth-order valence-corrected chi connectivity index (χ4v) is 3.05. The number of rotatable bonds is 3. The second-order valence-electron chi connectivity index (χ2n) is 6.15. The molecule has 2 N–H and O–H groups in total. The zero-order valence-corrected chi connectivity index (χ0v) is 13.5. The maximum absolute atomic E-state index is 12.2. The highest BCUT2D eigenvalue weighted by molar-refractivity contribution is 5.89. The van der Waals surface area contributed by atoms with Crippen LogP contribution in [0.15, 0.2) is 24.3 Å². The number of carbonyl (C=O) groups is 1. The van der Waals surface area contributed by atoms with Gasteiger partial charge in [-0.15, -0.1) is 5.10 Å². The van der Waals surface area contributed by atoms with Crippen molar-refractivity contribution < 1.29 is 4.79 Å². The van der Waals surface area contributed by atoms with Crippen LogP contribution in [-0.2, 0) is 0 Å². The molecule has 122 valence electrons. The van der Waals surface area contributed by atoms with Crippen molar-refractivity contribution in [2.45, 2.75) is 45.6 Å². The van der Waals surface area contributed by atoms with Crippen molar-refractivity contribution in [2.75, 3.05) is 5.32 Å². The SMILES string of the molecule is Cc1nnnn1-c1cccc(NC(=O)N[C@H]2CCCC[C@@H]2C)c1. The summed E-state index contributed by atoms with van der Waals surface area (Å²) in [6.07, 6.45) is 4.68. The normalized spacial score (nSPS) is 21.0. The number of nitrogens with zero attached hydrogens (tertiary/aromatic N) is 4. The van der Waals surface area contributed by atoms with Gasteiger partial charge >= 0.3 is 6.03 Å². The lowest BCUT2D eigenvalue weighted by Crippen LogP contribution is -2.43. The third-order valence-electron chi connectivity index (χ3n) is 4.40. The monoisotopic (exact) mass is 314 g/mol. The topological polar surface area (TPSA) is 84.7 Å². The molecule has 1 aliphatic carbocycles. The van der Waals surface area contributed by atoms with E-state index in [1.54, 1.807) is 4.68 Å². The molecular weight excluding hydrogens is 292 g/mol. The highest BCUT2D eigenvalue weighted by Crippen LogP contribution is 2.23. The van der Waals surface area contributed by atoms with Crippen LogP contribution in [0, 0.1) is 12.8 Å². The Kier molecular flexibility index (Phi) is 4.55. The molecule has 2 aromatic rings. The molecule has 0 bridgehead atoms. The maximum Gasteiger partial charge on any atom is 0.319 e. The summed E-state index contributed by atoms with van der Waals surface area (Å²) in [5.41, 5.74) is 1.54. The van der Waals surface area contributed by atoms with Gasteiger partial charge in [-0.1, -0.05) is 25.8 Å². The van der Waals surface area contributed by atoms with Crippen LogP contribution >= 0.6 is 0 Å². The van der Waals surface area contributed by atoms with E-state index in [9.17, 15) is 4.79 Å². The summed E-state index contributed by atoms with van der Waals surface area (Å²) in [4.78, 5) is 12.2. The zero-order chi connectivity index (χ0) is 16.2. The van der Waals surface area contributed by atoms with Gasteiger partial charge in [-0.3, -0.25) is 0 Å². The van der Waals surface area contributed by atoms with Crippen molar-refractivity contribution >= 4 is 11.7 Å². The first kappa shape index (κ1) is 15.5. The van der Waals surface area contributed by atoms with Crippen LogP contribution in [0.3, 0.4) is 0 Å². The van der Waals surface area contributed by atoms with E-state index in [1.807, 2.05) is 31.2 Å². The number of carbonyl (C=O) groups excluding carboxylic acids is 1. The number of tetrazole rings is 1. The van der Waals surface area contributed by atoms with Crippen LogP contribution in [0.2, 0.25) is 0 Å². The third-order valence-corrected chi connectivity index (χ3v) is 4.40. The van der Waals surface area contributed by atoms with E-state index in [2.05, 4.69) is 33.1 Å². The summed E-state index contributed by atoms with van der Waals surface area (Å²) in [5, 5.41) is 17.4. The molecule has 0 saturated heterocycles. The summed E-state index contributed by atoms with van der Waals surface area (Å²) in [6, 6.07) is 7.58. The molecule has 2 atom stereocenters. The van der Waals surface area contributed by atoms with Crippen LogP contribution < -0.4 is 10.6 Å². The number of amides is 2. The Morgan fingerprint density at radius 1 is 1.30 bits per heavy atom. The molecule has 0 radical (unpaired) electrons. The number of benzene rings is 1. The molecule has 0 spiro atoms. The van der Waals surface area contributed by atoms with Crippen LogP contribution in [0.25, 0.3) is 5.69 Å². The molecule has 0 unspecified atom stereocenters. The Balaban J connectivity index is 1.66. The maximum atomic E-state index is 12.2. The first-order chi connectivity index (χ1) is 11.1. The highest BCUT2D eigenvalue weighted by Gasteiger charge is 2.22. The van der Waals surface area contributed by atoms with Crippen LogP contribution in [0.4, 0.5) is 10.5 Å². The summed E-state index contributed by atoms with van der Waals surface area (Å²) in [6.45, 7) is 4.03. The molecule has 23 heavy (non-hydrogen) atoms. The lowest BCUT2D eigenvalue weighted by atomic mass is 9.86. The van der Waals surface area contributed by atoms with Gasteiger partial charge < -0.3 is 10.6 Å². The van der Waals surface area contributed by atoms with Crippen LogP contribution in [0.1, 0.15) is 38.4 Å². The predicted molar refractivity (Wildman–Crippen MR) is 87.5 cm³/mol. The summed E-state index contributed by atoms with van der Waals surface area (Å²) in [7, 11) is 0. The quantitative estimate of drug-likeness (QED) is 0.912. The molecule has 2 amide bonds. The van der Waals surface area contributed by atoms with Crippen molar-refractivity contribution in [1.29, 1.82) is 0 Å². The molecule has 1 heterocycles. The lowest BCUT2D eigenvalue weighted by Gasteiger charge is -2.29. The number of anilines is 1. The first-order valence-electron chi connectivity index (χ1n) is 8.06. The molecule has 1 aromatic heterocycles. The van der Waals surface area contributed by atoms with Crippen molar-refractivity contribution in [3.63, 3.8) is 0 Å². The minimum Gasteiger partial charge on any atom is -0.335 e. The van der Waals surface area contributed by atoms with Crippen molar-refractivity contribution in [3.8, 4) is 5.69 Å². The second kappa shape index (κ2) is 6.76. The lowest BCUT2D eigenvalue weighted by molar-refractivity contribution is 0.232. The molecule has 0 aliphatic heterocycles. The van der Waals surface area contributed by atoms with Crippen LogP contribution in [0.5, 0.6) is 0 Å². The van der Waals surface area contributed by atoms with Gasteiger partial charge in [0.15, 0.2) is 5.82 Å². The molecular formula is C16H22N6O. The Morgan fingerprint density at radius 2 is 2.13 bits per heavy atom. The van der Waals surface area contributed by atoms with Gasteiger partial charge in [0.05, 0.1) is 5.69 Å². The number of aromatic nitrogens is 4. The Morgan fingerprint density at radius 3 is 2.87 bits per heavy atom. The Hall–Kier alpha value is -2.44. The smallest absolute Gasteiger partial charge is 0.319 e. The molecule has 1 saturated carbocycles. The van der Waals surface area contributed by atoms with Gasteiger partial charge in [-0.2, -0.15) is 4.68 Å². The molecule has 1 fully saturated rings. The molecule has 1 aliphatic rings. The Bertz CT molecular complexity index is 683. The summed E-state index contributed by atoms with van der Waals surface area (Å²) in [5.74, 6) is 1.23. The molecule has 3 rings (SSSR count). The first-order valence-corrected chi connectivity index (χ1v) is 8.06. The minimum atomic E-state index is -0.158. The summed E-state index contributed by atoms with van der Waals surface area (Å²) >= 11 is 0. The van der Waals surface area contributed by atoms with E-state index >= 15 is 0 Å². The van der Waals surface area contributed by atoms with E-state index < -0.39 is 0 Å². The fourth-order valence-electron chi connectivity index (χ4n) is 3.05. The number of aryl methyl sites for hydroxylation is 1. The molecule has 7 heteroatoms. The fraction of sp³-hybridized carbons (Fsp3) is 0.500. The number of urea groups is 1. The highest BCUT2D eigenvalue weighted by atomic mass is 16.2. The van der Waals surface area contributed by atoms with E-state index in [0.29, 0.717) is 11.7 Å². The second-order valence-corrected chi connectivity index (χ2v) is 6.15. The molecule has 7 nitrogen and oxygen atoms in total. The van der Waals surface area contributed by atoms with Gasteiger partial charge in [0.1, 0.15) is 0 Å². The van der Waals surface area contributed by atoms with E-state index in [-0.39, 0.29) is 12.1 Å². The van der Waals surface area contributed by atoms with Crippen molar-refractivity contribution in [3.05, 3.63) is 30.1 Å². The minimum absolute atomic E-state index is 0.158. The van der Waals surface area contributed by atoms with E-state index in [4.69, 9.17) is 0 Å². The number of hydrogen-bond donors (Lipinski definition) is 2. The molecule has 1 aromatic carbocycles. The predicted octanol–water partition coefficient (Wildman–Crippen LogP) is 2.67. The Labute approximate surface area is 135 Å². The largest absolute Gasteiger partial charge is 0.335 e. The number of nitrogens with one attached hydrogen (secondary N) is 2. The zero-order valence-electron chi connectivity index (χ0n) is 13.5. The van der Waals surface area contributed by atoms with Gasteiger partial charge in [-0.25, -0.2) is 4.79 Å². The van der Waals surface area contributed by atoms with Gasteiger partial charge in [-0.05, 0) is 54.3 Å². The third kappa shape index (κ3) is 3.67. The van der Waals surface area contributed by atoms with Gasteiger partial charge in [0, 0.05) is 11.7 Å². The van der Waals surface area contributed by atoms with E-state index in [1.165, 1.54) is 19.3 Å². The summed E-state index contributed by atoms with van der Waals surface area (Å²) < 4.78 is 1.63. The van der Waals surface area contributed by atoms with Gasteiger partial charge in [0.2, 0.25) is 0 Å². The number of hydrogen-bond acceptors (Lipinski definition) is 4. The standard InChI is InChI=1S/C16H22N6O/c1-11-6-3-4-9-15(11)18-16(23)17-13-7-5-8-14(10-13)22-12(2)19-20-21-22/h5,7-8,10-11,15H,3-4,6,9H2,1-2H3,(H2,17,18,23)/t11-,15-/m0/s1. The van der Waals surface area contributed by atoms with Gasteiger partial charge in [0.25, 0.3) is 0 Å². The van der Waals surface area contributed by atoms with E-state index in [0.717, 1.165) is 17.8 Å².